The number of amides is 2. The molecule has 1 aromatic carbocycles. The first-order valence-corrected chi connectivity index (χ1v) is 7.20. The molecule has 2 amide bonds. The Labute approximate surface area is 125 Å². The number of carbonyl (C=O) groups is 2. The number of hydrogen-bond donors (Lipinski definition) is 1. The molecule has 5 nitrogen and oxygen atoms in total. The second kappa shape index (κ2) is 6.26. The molecule has 21 heavy (non-hydrogen) atoms. The van der Waals surface area contributed by atoms with Gasteiger partial charge in [0.15, 0.2) is 0 Å². The lowest BCUT2D eigenvalue weighted by atomic mass is 10.1. The van der Waals surface area contributed by atoms with Crippen molar-refractivity contribution in [3.8, 4) is 5.75 Å². The van der Waals surface area contributed by atoms with E-state index in [9.17, 15) is 9.59 Å². The molecule has 114 valence electrons. The van der Waals surface area contributed by atoms with Crippen LogP contribution in [0.5, 0.6) is 5.75 Å². The molecule has 5 heteroatoms. The van der Waals surface area contributed by atoms with E-state index in [1.54, 1.807) is 7.11 Å². The maximum absolute atomic E-state index is 12.3. The first kappa shape index (κ1) is 15.5. The molecule has 1 aromatic rings. The van der Waals surface area contributed by atoms with Crippen LogP contribution in [0.25, 0.3) is 0 Å². The fourth-order valence-corrected chi connectivity index (χ4v) is 2.63. The van der Waals surface area contributed by atoms with Crippen LogP contribution in [0.15, 0.2) is 24.3 Å². The zero-order valence-corrected chi connectivity index (χ0v) is 12.9. The van der Waals surface area contributed by atoms with E-state index in [0.717, 1.165) is 11.3 Å². The van der Waals surface area contributed by atoms with Gasteiger partial charge in [0, 0.05) is 12.1 Å². The molecule has 2 atom stereocenters. The summed E-state index contributed by atoms with van der Waals surface area (Å²) in [5.74, 6) is 0.536. The van der Waals surface area contributed by atoms with E-state index in [0.29, 0.717) is 0 Å². The average molecular weight is 290 g/mol. The minimum absolute atomic E-state index is 0.0334. The fraction of sp³-hybridized carbons (Fsp3) is 0.500. The molecule has 0 spiro atoms. The van der Waals surface area contributed by atoms with Gasteiger partial charge in [0.25, 0.3) is 0 Å². The number of nitrogens with zero attached hydrogens (tertiary/aromatic N) is 1. The van der Waals surface area contributed by atoms with Gasteiger partial charge in [-0.3, -0.25) is 19.8 Å². The van der Waals surface area contributed by atoms with E-state index in [1.165, 1.54) is 4.90 Å². The van der Waals surface area contributed by atoms with Crippen molar-refractivity contribution in [1.82, 2.24) is 10.2 Å². The second-order valence-electron chi connectivity index (χ2n) is 5.62. The van der Waals surface area contributed by atoms with Crippen molar-refractivity contribution in [1.29, 1.82) is 0 Å². The van der Waals surface area contributed by atoms with Crippen LogP contribution in [0.3, 0.4) is 0 Å². The third-order valence-corrected chi connectivity index (χ3v) is 3.74. The zero-order chi connectivity index (χ0) is 15.6. The number of benzene rings is 1. The number of carbonyl (C=O) groups excluding carboxylic acids is 2. The molecule has 1 aliphatic rings. The maximum atomic E-state index is 12.3. The zero-order valence-electron chi connectivity index (χ0n) is 12.9. The van der Waals surface area contributed by atoms with Crippen LogP contribution < -0.4 is 10.1 Å². The molecule has 1 aliphatic heterocycles. The summed E-state index contributed by atoms with van der Waals surface area (Å²) in [5, 5.41) is 3.24. The Morgan fingerprint density at radius 2 is 2.00 bits per heavy atom. The van der Waals surface area contributed by atoms with Crippen molar-refractivity contribution in [2.75, 3.05) is 7.11 Å². The van der Waals surface area contributed by atoms with Crippen molar-refractivity contribution in [2.24, 2.45) is 0 Å². The highest BCUT2D eigenvalue weighted by molar-refractivity contribution is 6.05. The Morgan fingerprint density at radius 1 is 1.29 bits per heavy atom. The van der Waals surface area contributed by atoms with Crippen LogP contribution >= 0.6 is 0 Å². The number of nitrogens with one attached hydrogen (secondary N) is 1. The topological polar surface area (TPSA) is 58.6 Å². The summed E-state index contributed by atoms with van der Waals surface area (Å²) >= 11 is 0. The van der Waals surface area contributed by atoms with E-state index in [4.69, 9.17) is 4.74 Å². The minimum Gasteiger partial charge on any atom is -0.497 e. The second-order valence-corrected chi connectivity index (χ2v) is 5.62. The van der Waals surface area contributed by atoms with Crippen LogP contribution in [0, 0.1) is 0 Å². The third-order valence-electron chi connectivity index (χ3n) is 3.74. The number of likely N-dealkylation sites (tertiary alicyclic amines) is 1. The first-order valence-electron chi connectivity index (χ1n) is 7.20. The number of rotatable bonds is 5. The van der Waals surface area contributed by atoms with Crippen LogP contribution in [-0.2, 0) is 9.59 Å². The van der Waals surface area contributed by atoms with Gasteiger partial charge < -0.3 is 4.74 Å². The summed E-state index contributed by atoms with van der Waals surface area (Å²) in [4.78, 5) is 25.5. The lowest BCUT2D eigenvalue weighted by Gasteiger charge is -2.21. The monoisotopic (exact) mass is 290 g/mol. The molecule has 0 radical (unpaired) electrons. The van der Waals surface area contributed by atoms with Gasteiger partial charge in [-0.2, -0.15) is 0 Å². The summed E-state index contributed by atoms with van der Waals surface area (Å²) in [6.45, 7) is 5.68. The van der Waals surface area contributed by atoms with Crippen molar-refractivity contribution >= 4 is 11.8 Å². The van der Waals surface area contributed by atoms with Gasteiger partial charge in [-0.1, -0.05) is 12.1 Å². The van der Waals surface area contributed by atoms with Crippen molar-refractivity contribution < 1.29 is 14.3 Å². The molecule has 2 unspecified atom stereocenters. The van der Waals surface area contributed by atoms with E-state index in [-0.39, 0.29) is 30.3 Å². The predicted molar refractivity (Wildman–Crippen MR) is 79.9 cm³/mol. The molecule has 0 aliphatic carbocycles. The van der Waals surface area contributed by atoms with Crippen LogP contribution in [0.1, 0.15) is 38.8 Å². The molecule has 0 bridgehead atoms. The molecule has 0 aromatic heterocycles. The minimum atomic E-state index is -0.443. The van der Waals surface area contributed by atoms with Gasteiger partial charge in [0.05, 0.1) is 19.6 Å². The molecule has 1 fully saturated rings. The fourth-order valence-electron chi connectivity index (χ4n) is 2.63. The van der Waals surface area contributed by atoms with Crippen LogP contribution in [0.2, 0.25) is 0 Å². The highest BCUT2D eigenvalue weighted by Gasteiger charge is 2.40. The van der Waals surface area contributed by atoms with Gasteiger partial charge in [-0.15, -0.1) is 0 Å². The Hall–Kier alpha value is -1.88. The summed E-state index contributed by atoms with van der Waals surface area (Å²) < 4.78 is 5.20. The Bertz CT molecular complexity index is 542. The lowest BCUT2D eigenvalue weighted by Crippen LogP contribution is -2.42. The summed E-state index contributed by atoms with van der Waals surface area (Å²) in [6, 6.07) is 7.12. The Kier molecular flexibility index (Phi) is 4.63. The average Bonchev–Trinajstić information content (AvgIpc) is 2.73. The van der Waals surface area contributed by atoms with Gasteiger partial charge >= 0.3 is 0 Å². The smallest absolute Gasteiger partial charge is 0.247 e. The van der Waals surface area contributed by atoms with Gasteiger partial charge in [-0.05, 0) is 38.5 Å². The van der Waals surface area contributed by atoms with Gasteiger partial charge in [0.2, 0.25) is 11.8 Å². The van der Waals surface area contributed by atoms with Crippen molar-refractivity contribution in [2.45, 2.75) is 45.3 Å². The normalized spacial score (nSPS) is 20.2. The molecule has 1 N–H and O–H groups in total. The standard InChI is InChI=1S/C16H22N2O3/c1-10(2)18-15(19)9-14(16(18)20)17-11(3)12-6-5-7-13(8-12)21-4/h5-8,10-11,14,17H,9H2,1-4H3. The van der Waals surface area contributed by atoms with Crippen LogP contribution in [0.4, 0.5) is 0 Å². The maximum Gasteiger partial charge on any atom is 0.247 e. The number of imide groups is 1. The predicted octanol–water partition coefficient (Wildman–Crippen LogP) is 1.88. The first-order chi connectivity index (χ1) is 9.93. The Morgan fingerprint density at radius 3 is 2.57 bits per heavy atom. The highest BCUT2D eigenvalue weighted by atomic mass is 16.5. The number of methoxy groups -OCH3 is 1. The van der Waals surface area contributed by atoms with E-state index in [2.05, 4.69) is 5.32 Å². The van der Waals surface area contributed by atoms with E-state index >= 15 is 0 Å². The summed E-state index contributed by atoms with van der Waals surface area (Å²) in [7, 11) is 1.62. The summed E-state index contributed by atoms with van der Waals surface area (Å²) in [5.41, 5.74) is 1.03. The van der Waals surface area contributed by atoms with Crippen molar-refractivity contribution in [3.63, 3.8) is 0 Å². The van der Waals surface area contributed by atoms with Crippen LogP contribution in [-0.4, -0.2) is 35.9 Å². The molecule has 1 saturated heterocycles. The number of hydrogen-bond acceptors (Lipinski definition) is 4. The van der Waals surface area contributed by atoms with E-state index < -0.39 is 6.04 Å². The number of ether oxygens (including phenoxy) is 1. The molecule has 0 saturated carbocycles. The lowest BCUT2D eigenvalue weighted by molar-refractivity contribution is -0.140. The van der Waals surface area contributed by atoms with Crippen molar-refractivity contribution in [3.05, 3.63) is 29.8 Å². The quantitative estimate of drug-likeness (QED) is 0.841. The molecular weight excluding hydrogens is 268 g/mol. The van der Waals surface area contributed by atoms with Gasteiger partial charge in [-0.25, -0.2) is 0 Å². The van der Waals surface area contributed by atoms with Gasteiger partial charge in [0.1, 0.15) is 5.75 Å². The van der Waals surface area contributed by atoms with E-state index in [1.807, 2.05) is 45.0 Å². The highest BCUT2D eigenvalue weighted by Crippen LogP contribution is 2.22. The largest absolute Gasteiger partial charge is 0.497 e. The molecule has 1 heterocycles. The summed E-state index contributed by atoms with van der Waals surface area (Å²) in [6.07, 6.45) is 0.228. The molecule has 2 rings (SSSR count). The SMILES string of the molecule is COc1cccc(C(C)NC2CC(=O)N(C(C)C)C2=O)c1. The Balaban J connectivity index is 2.08. The molecular formula is C16H22N2O3. The third kappa shape index (κ3) is 3.24.